The Morgan fingerprint density at radius 3 is 2.83 bits per heavy atom. The first kappa shape index (κ1) is 11.5. The normalized spacial score (nSPS) is 14.8. The van der Waals surface area contributed by atoms with Crippen LogP contribution in [0.15, 0.2) is 18.2 Å². The zero-order valence-electron chi connectivity index (χ0n) is 9.73. The summed E-state index contributed by atoms with van der Waals surface area (Å²) in [5.74, 6) is 1.26. The Kier molecular flexibility index (Phi) is 2.70. The number of aromatic nitrogens is 3. The number of hydrogen-bond donors (Lipinski definition) is 0. The number of rotatable bonds is 3. The summed E-state index contributed by atoms with van der Waals surface area (Å²) in [6.07, 6.45) is 2.16. The van der Waals surface area contributed by atoms with Gasteiger partial charge in [-0.2, -0.15) is 0 Å². The highest BCUT2D eigenvalue weighted by atomic mass is 35.5. The molecule has 0 unspecified atom stereocenters. The third kappa shape index (κ3) is 1.84. The van der Waals surface area contributed by atoms with E-state index in [0.717, 1.165) is 18.7 Å². The Morgan fingerprint density at radius 2 is 2.17 bits per heavy atom. The smallest absolute Gasteiger partial charge is 0.229 e. The van der Waals surface area contributed by atoms with Crippen molar-refractivity contribution in [1.82, 2.24) is 14.8 Å². The van der Waals surface area contributed by atoms with E-state index in [9.17, 15) is 4.39 Å². The lowest BCUT2D eigenvalue weighted by Gasteiger charge is -2.11. The van der Waals surface area contributed by atoms with Crippen molar-refractivity contribution in [1.29, 1.82) is 0 Å². The van der Waals surface area contributed by atoms with Gasteiger partial charge in [0.15, 0.2) is 0 Å². The third-order valence-corrected chi connectivity index (χ3v) is 3.22. The van der Waals surface area contributed by atoms with Crippen LogP contribution in [0.1, 0.15) is 24.6 Å². The highest BCUT2D eigenvalue weighted by molar-refractivity contribution is 6.28. The molecule has 0 radical (unpaired) electrons. The Labute approximate surface area is 108 Å². The first-order valence-electron chi connectivity index (χ1n) is 5.65. The SMILES string of the molecule is COc1cc(F)ccc1-n1c(Cl)nnc1C1CC1. The minimum atomic E-state index is -0.354. The van der Waals surface area contributed by atoms with Crippen molar-refractivity contribution in [3.05, 3.63) is 35.1 Å². The molecule has 0 spiro atoms. The number of methoxy groups -OCH3 is 1. The Morgan fingerprint density at radius 1 is 1.39 bits per heavy atom. The summed E-state index contributed by atoms with van der Waals surface area (Å²) in [6, 6.07) is 4.31. The highest BCUT2D eigenvalue weighted by Crippen LogP contribution is 2.41. The summed E-state index contributed by atoms with van der Waals surface area (Å²) in [6.45, 7) is 0. The standard InChI is InChI=1S/C12H11ClFN3O/c1-18-10-6-8(14)4-5-9(10)17-11(7-2-3-7)15-16-12(17)13/h4-7H,2-3H2,1H3. The van der Waals surface area contributed by atoms with Gasteiger partial charge in [-0.3, -0.25) is 4.57 Å². The average Bonchev–Trinajstić information content (AvgIpc) is 3.14. The zero-order valence-corrected chi connectivity index (χ0v) is 10.5. The molecule has 1 aromatic heterocycles. The largest absolute Gasteiger partial charge is 0.494 e. The highest BCUT2D eigenvalue weighted by Gasteiger charge is 2.31. The summed E-state index contributed by atoms with van der Waals surface area (Å²) in [5, 5.41) is 8.23. The lowest BCUT2D eigenvalue weighted by molar-refractivity contribution is 0.409. The second-order valence-electron chi connectivity index (χ2n) is 4.25. The minimum absolute atomic E-state index is 0.266. The third-order valence-electron chi connectivity index (χ3n) is 2.97. The first-order chi connectivity index (χ1) is 8.70. The number of benzene rings is 1. The van der Waals surface area contributed by atoms with Crippen LogP contribution in [0.2, 0.25) is 5.28 Å². The maximum absolute atomic E-state index is 13.2. The number of ether oxygens (including phenoxy) is 1. The van der Waals surface area contributed by atoms with Gasteiger partial charge in [0.2, 0.25) is 5.28 Å². The van der Waals surface area contributed by atoms with Gasteiger partial charge in [0.1, 0.15) is 17.4 Å². The van der Waals surface area contributed by atoms with Crippen LogP contribution in [0.3, 0.4) is 0 Å². The lowest BCUT2D eigenvalue weighted by atomic mass is 10.2. The Hall–Kier alpha value is -1.62. The molecule has 1 fully saturated rings. The molecule has 1 aliphatic carbocycles. The predicted molar refractivity (Wildman–Crippen MR) is 64.9 cm³/mol. The summed E-state index contributed by atoms with van der Waals surface area (Å²) >= 11 is 6.06. The zero-order chi connectivity index (χ0) is 12.7. The van der Waals surface area contributed by atoms with Gasteiger partial charge in [-0.25, -0.2) is 4.39 Å². The van der Waals surface area contributed by atoms with E-state index in [1.54, 1.807) is 10.6 Å². The molecular formula is C12H11ClFN3O. The lowest BCUT2D eigenvalue weighted by Crippen LogP contribution is -2.03. The molecule has 0 aliphatic heterocycles. The van der Waals surface area contributed by atoms with E-state index in [1.807, 2.05) is 0 Å². The Balaban J connectivity index is 2.17. The summed E-state index contributed by atoms with van der Waals surface area (Å²) < 4.78 is 20.1. The van der Waals surface area contributed by atoms with E-state index < -0.39 is 0 Å². The van der Waals surface area contributed by atoms with Crippen molar-refractivity contribution in [2.24, 2.45) is 0 Å². The fourth-order valence-electron chi connectivity index (χ4n) is 1.94. The second-order valence-corrected chi connectivity index (χ2v) is 4.59. The van der Waals surface area contributed by atoms with Crippen LogP contribution in [0, 0.1) is 5.82 Å². The van der Waals surface area contributed by atoms with E-state index in [-0.39, 0.29) is 11.1 Å². The van der Waals surface area contributed by atoms with E-state index >= 15 is 0 Å². The molecule has 2 aromatic rings. The fourth-order valence-corrected chi connectivity index (χ4v) is 2.16. The molecule has 1 heterocycles. The average molecular weight is 268 g/mol. The molecule has 0 bridgehead atoms. The molecule has 6 heteroatoms. The van der Waals surface area contributed by atoms with Gasteiger partial charge >= 0.3 is 0 Å². The van der Waals surface area contributed by atoms with Crippen LogP contribution in [-0.4, -0.2) is 21.9 Å². The number of hydrogen-bond acceptors (Lipinski definition) is 3. The number of halogens is 2. The second kappa shape index (κ2) is 4.24. The van der Waals surface area contributed by atoms with Crippen molar-refractivity contribution >= 4 is 11.6 Å². The summed E-state index contributed by atoms with van der Waals surface area (Å²) in [5.41, 5.74) is 0.663. The molecule has 0 N–H and O–H groups in total. The molecule has 4 nitrogen and oxygen atoms in total. The topological polar surface area (TPSA) is 39.9 Å². The molecule has 0 amide bonds. The van der Waals surface area contributed by atoms with E-state index in [0.29, 0.717) is 17.4 Å². The van der Waals surface area contributed by atoms with E-state index in [1.165, 1.54) is 19.2 Å². The molecule has 1 aromatic carbocycles. The van der Waals surface area contributed by atoms with Crippen LogP contribution >= 0.6 is 11.6 Å². The van der Waals surface area contributed by atoms with Crippen LogP contribution in [0.5, 0.6) is 5.75 Å². The van der Waals surface area contributed by atoms with E-state index in [2.05, 4.69) is 10.2 Å². The molecule has 1 aliphatic rings. The quantitative estimate of drug-likeness (QED) is 0.858. The molecular weight excluding hydrogens is 257 g/mol. The molecule has 18 heavy (non-hydrogen) atoms. The fraction of sp³-hybridized carbons (Fsp3) is 0.333. The molecule has 3 rings (SSSR count). The van der Waals surface area contributed by atoms with Crippen LogP contribution < -0.4 is 4.74 Å². The first-order valence-corrected chi connectivity index (χ1v) is 6.03. The van der Waals surface area contributed by atoms with Gasteiger partial charge in [-0.15, -0.1) is 10.2 Å². The van der Waals surface area contributed by atoms with E-state index in [4.69, 9.17) is 16.3 Å². The monoisotopic (exact) mass is 267 g/mol. The van der Waals surface area contributed by atoms with Gasteiger partial charge in [0, 0.05) is 12.0 Å². The van der Waals surface area contributed by atoms with Crippen LogP contribution in [0.25, 0.3) is 5.69 Å². The van der Waals surface area contributed by atoms with Gasteiger partial charge < -0.3 is 4.74 Å². The van der Waals surface area contributed by atoms with Crippen molar-refractivity contribution in [2.45, 2.75) is 18.8 Å². The van der Waals surface area contributed by atoms with Crippen molar-refractivity contribution in [2.75, 3.05) is 7.11 Å². The summed E-state index contributed by atoms with van der Waals surface area (Å²) in [4.78, 5) is 0. The van der Waals surface area contributed by atoms with Gasteiger partial charge in [0.05, 0.1) is 12.8 Å². The molecule has 1 saturated carbocycles. The molecule has 94 valence electrons. The van der Waals surface area contributed by atoms with Gasteiger partial charge in [0.25, 0.3) is 0 Å². The van der Waals surface area contributed by atoms with Crippen molar-refractivity contribution < 1.29 is 9.13 Å². The summed E-state index contributed by atoms with van der Waals surface area (Å²) in [7, 11) is 1.49. The maximum atomic E-state index is 13.2. The Bertz CT molecular complexity index is 595. The van der Waals surface area contributed by atoms with Gasteiger partial charge in [-0.1, -0.05) is 0 Å². The van der Waals surface area contributed by atoms with Crippen LogP contribution in [0.4, 0.5) is 4.39 Å². The molecule has 0 atom stereocenters. The van der Waals surface area contributed by atoms with Crippen molar-refractivity contribution in [3.8, 4) is 11.4 Å². The van der Waals surface area contributed by atoms with Gasteiger partial charge in [-0.05, 0) is 36.6 Å². The number of nitrogens with zero attached hydrogens (tertiary/aromatic N) is 3. The predicted octanol–water partition coefficient (Wildman–Crippen LogP) is 2.95. The van der Waals surface area contributed by atoms with Crippen LogP contribution in [-0.2, 0) is 0 Å². The molecule has 0 saturated heterocycles. The minimum Gasteiger partial charge on any atom is -0.494 e. The maximum Gasteiger partial charge on any atom is 0.229 e. The van der Waals surface area contributed by atoms with Crippen molar-refractivity contribution in [3.63, 3.8) is 0 Å².